The first-order chi connectivity index (χ1) is 9.04. The zero-order chi connectivity index (χ0) is 14.3. The van der Waals surface area contributed by atoms with Gasteiger partial charge in [-0.2, -0.15) is 0 Å². The Kier molecular flexibility index (Phi) is 6.81. The molecule has 0 heterocycles. The first kappa shape index (κ1) is 15.9. The Labute approximate surface area is 115 Å². The van der Waals surface area contributed by atoms with Crippen molar-refractivity contribution in [3.05, 3.63) is 29.6 Å². The lowest BCUT2D eigenvalue weighted by Gasteiger charge is -2.15. The predicted molar refractivity (Wildman–Crippen MR) is 77.2 cm³/mol. The van der Waals surface area contributed by atoms with E-state index >= 15 is 0 Å². The molecule has 0 aliphatic carbocycles. The Bertz CT molecular complexity index is 382. The fraction of sp³-hybridized carbons (Fsp3) is 0.600. The smallest absolute Gasteiger partial charge is 0.131 e. The summed E-state index contributed by atoms with van der Waals surface area (Å²) in [6.45, 7) is 6.37. The minimum absolute atomic E-state index is 0.0211. The molecule has 3 nitrogen and oxygen atoms in total. The van der Waals surface area contributed by atoms with Crippen LogP contribution in [-0.4, -0.2) is 38.7 Å². The highest BCUT2D eigenvalue weighted by molar-refractivity contribution is 5.30. The third-order valence-corrected chi connectivity index (χ3v) is 2.97. The van der Waals surface area contributed by atoms with E-state index in [1.807, 2.05) is 34.0 Å². The van der Waals surface area contributed by atoms with Gasteiger partial charge >= 0.3 is 0 Å². The van der Waals surface area contributed by atoms with Crippen LogP contribution in [-0.2, 0) is 0 Å². The minimum atomic E-state index is -0.210. The summed E-state index contributed by atoms with van der Waals surface area (Å²) >= 11 is 0. The molecule has 1 aromatic rings. The lowest BCUT2D eigenvalue weighted by atomic mass is 10.1. The molecule has 0 bridgehead atoms. The van der Waals surface area contributed by atoms with E-state index < -0.39 is 0 Å². The molecule has 0 spiro atoms. The highest BCUT2D eigenvalue weighted by Gasteiger charge is 2.10. The molecule has 1 atom stereocenters. The van der Waals surface area contributed by atoms with E-state index in [2.05, 4.69) is 10.2 Å². The molecule has 0 fully saturated rings. The van der Waals surface area contributed by atoms with E-state index in [4.69, 9.17) is 4.74 Å². The summed E-state index contributed by atoms with van der Waals surface area (Å²) in [7, 11) is 4.05. The Morgan fingerprint density at radius 2 is 2.11 bits per heavy atom. The average Bonchev–Trinajstić information content (AvgIpc) is 2.34. The van der Waals surface area contributed by atoms with Gasteiger partial charge in [0.25, 0.3) is 0 Å². The Morgan fingerprint density at radius 1 is 1.37 bits per heavy atom. The van der Waals surface area contributed by atoms with Crippen LogP contribution in [0.4, 0.5) is 4.39 Å². The molecule has 0 aliphatic rings. The second kappa shape index (κ2) is 8.12. The third-order valence-electron chi connectivity index (χ3n) is 2.97. The number of nitrogens with one attached hydrogen (secondary N) is 1. The van der Waals surface area contributed by atoms with Crippen LogP contribution in [0.25, 0.3) is 0 Å². The third kappa shape index (κ3) is 5.57. The van der Waals surface area contributed by atoms with Crippen LogP contribution >= 0.6 is 0 Å². The van der Waals surface area contributed by atoms with Crippen LogP contribution in [0.5, 0.6) is 5.75 Å². The van der Waals surface area contributed by atoms with Crippen molar-refractivity contribution in [3.8, 4) is 5.75 Å². The van der Waals surface area contributed by atoms with Crippen LogP contribution in [0.1, 0.15) is 31.9 Å². The number of rotatable bonds is 8. The molecule has 108 valence electrons. The van der Waals surface area contributed by atoms with Crippen molar-refractivity contribution in [1.29, 1.82) is 0 Å². The van der Waals surface area contributed by atoms with E-state index in [-0.39, 0.29) is 11.9 Å². The maximum absolute atomic E-state index is 13.9. The summed E-state index contributed by atoms with van der Waals surface area (Å²) in [6.07, 6.45) is 0.935. The van der Waals surface area contributed by atoms with Crippen LogP contribution in [0.2, 0.25) is 0 Å². The minimum Gasteiger partial charge on any atom is -0.493 e. The molecule has 1 rings (SSSR count). The summed E-state index contributed by atoms with van der Waals surface area (Å²) in [5.74, 6) is 0.391. The van der Waals surface area contributed by atoms with Crippen molar-refractivity contribution in [1.82, 2.24) is 10.2 Å². The Balaban J connectivity index is 2.52. The second-order valence-electron chi connectivity index (χ2n) is 4.97. The average molecular weight is 268 g/mol. The van der Waals surface area contributed by atoms with Crippen molar-refractivity contribution in [2.45, 2.75) is 26.3 Å². The topological polar surface area (TPSA) is 24.5 Å². The number of hydrogen-bond acceptors (Lipinski definition) is 3. The SMILES string of the molecule is CCNC(C)c1ccc(OCCCN(C)C)cc1F. The van der Waals surface area contributed by atoms with E-state index in [1.54, 1.807) is 6.07 Å². The van der Waals surface area contributed by atoms with Gasteiger partial charge in [-0.15, -0.1) is 0 Å². The highest BCUT2D eigenvalue weighted by Crippen LogP contribution is 2.21. The maximum Gasteiger partial charge on any atom is 0.131 e. The zero-order valence-corrected chi connectivity index (χ0v) is 12.4. The fourth-order valence-corrected chi connectivity index (χ4v) is 1.94. The van der Waals surface area contributed by atoms with Gasteiger partial charge in [-0.1, -0.05) is 13.0 Å². The van der Waals surface area contributed by atoms with Crippen LogP contribution in [0, 0.1) is 5.82 Å². The van der Waals surface area contributed by atoms with Gasteiger partial charge in [0.15, 0.2) is 0 Å². The lowest BCUT2D eigenvalue weighted by molar-refractivity contribution is 0.280. The fourth-order valence-electron chi connectivity index (χ4n) is 1.94. The molecule has 0 saturated carbocycles. The van der Waals surface area contributed by atoms with Crippen molar-refractivity contribution in [3.63, 3.8) is 0 Å². The predicted octanol–water partition coefficient (Wildman–Crippen LogP) is 2.83. The van der Waals surface area contributed by atoms with Gasteiger partial charge in [0, 0.05) is 24.2 Å². The van der Waals surface area contributed by atoms with Crippen molar-refractivity contribution < 1.29 is 9.13 Å². The summed E-state index contributed by atoms with van der Waals surface area (Å²) in [6, 6.07) is 5.12. The number of ether oxygens (including phenoxy) is 1. The quantitative estimate of drug-likeness (QED) is 0.734. The van der Waals surface area contributed by atoms with Gasteiger partial charge in [-0.05, 0) is 40.1 Å². The number of hydrogen-bond donors (Lipinski definition) is 1. The Hall–Kier alpha value is -1.13. The molecule has 4 heteroatoms. The summed E-state index contributed by atoms with van der Waals surface area (Å²) in [5.41, 5.74) is 0.683. The van der Waals surface area contributed by atoms with Crippen molar-refractivity contribution in [2.24, 2.45) is 0 Å². The zero-order valence-electron chi connectivity index (χ0n) is 12.4. The van der Waals surface area contributed by atoms with Gasteiger partial charge in [0.1, 0.15) is 11.6 Å². The van der Waals surface area contributed by atoms with Gasteiger partial charge < -0.3 is 15.0 Å². The lowest BCUT2D eigenvalue weighted by Crippen LogP contribution is -2.19. The van der Waals surface area contributed by atoms with Gasteiger partial charge in [-0.3, -0.25) is 0 Å². The van der Waals surface area contributed by atoms with E-state index in [0.29, 0.717) is 17.9 Å². The molecule has 1 unspecified atom stereocenters. The molecular formula is C15H25FN2O. The molecule has 0 radical (unpaired) electrons. The van der Waals surface area contributed by atoms with Crippen molar-refractivity contribution in [2.75, 3.05) is 33.8 Å². The molecule has 1 N–H and O–H groups in total. The summed E-state index contributed by atoms with van der Waals surface area (Å²) < 4.78 is 19.5. The molecule has 19 heavy (non-hydrogen) atoms. The first-order valence-corrected chi connectivity index (χ1v) is 6.85. The highest BCUT2D eigenvalue weighted by atomic mass is 19.1. The molecule has 0 aliphatic heterocycles. The molecule has 0 saturated heterocycles. The van der Waals surface area contributed by atoms with Gasteiger partial charge in [0.05, 0.1) is 6.61 Å². The number of nitrogens with zero attached hydrogens (tertiary/aromatic N) is 1. The monoisotopic (exact) mass is 268 g/mol. The van der Waals surface area contributed by atoms with E-state index in [0.717, 1.165) is 19.5 Å². The first-order valence-electron chi connectivity index (χ1n) is 6.85. The second-order valence-corrected chi connectivity index (χ2v) is 4.97. The normalized spacial score (nSPS) is 12.7. The maximum atomic E-state index is 13.9. The van der Waals surface area contributed by atoms with Crippen LogP contribution in [0.15, 0.2) is 18.2 Å². The van der Waals surface area contributed by atoms with E-state index in [1.165, 1.54) is 6.07 Å². The molecule has 1 aromatic carbocycles. The van der Waals surface area contributed by atoms with Crippen molar-refractivity contribution >= 4 is 0 Å². The molecular weight excluding hydrogens is 243 g/mol. The molecule has 0 amide bonds. The number of halogens is 1. The van der Waals surface area contributed by atoms with E-state index in [9.17, 15) is 4.39 Å². The van der Waals surface area contributed by atoms with Crippen LogP contribution < -0.4 is 10.1 Å². The number of benzene rings is 1. The largest absolute Gasteiger partial charge is 0.493 e. The Morgan fingerprint density at radius 3 is 2.68 bits per heavy atom. The standard InChI is InChI=1S/C15H25FN2O/c1-5-17-12(2)14-8-7-13(11-15(14)16)19-10-6-9-18(3)4/h7-8,11-12,17H,5-6,9-10H2,1-4H3. The van der Waals surface area contributed by atoms with Crippen LogP contribution in [0.3, 0.4) is 0 Å². The summed E-state index contributed by atoms with van der Waals surface area (Å²) in [4.78, 5) is 2.10. The summed E-state index contributed by atoms with van der Waals surface area (Å²) in [5, 5.41) is 3.20. The van der Waals surface area contributed by atoms with Gasteiger partial charge in [-0.25, -0.2) is 4.39 Å². The van der Waals surface area contributed by atoms with Gasteiger partial charge in [0.2, 0.25) is 0 Å². The molecule has 0 aromatic heterocycles.